The predicted octanol–water partition coefficient (Wildman–Crippen LogP) is 5.55. The van der Waals surface area contributed by atoms with Crippen LogP contribution >= 0.6 is 11.5 Å². The summed E-state index contributed by atoms with van der Waals surface area (Å²) in [6.07, 6.45) is 3.22. The van der Waals surface area contributed by atoms with Crippen molar-refractivity contribution in [3.05, 3.63) is 98.8 Å². The lowest BCUT2D eigenvalue weighted by atomic mass is 10.0. The van der Waals surface area contributed by atoms with Gasteiger partial charge in [-0.1, -0.05) is 35.9 Å². The first kappa shape index (κ1) is 23.1. The average Bonchev–Trinajstić information content (AvgIpc) is 3.55. The fourth-order valence-corrected chi connectivity index (χ4v) is 7.43. The van der Waals surface area contributed by atoms with Gasteiger partial charge in [0.25, 0.3) is 15.6 Å². The highest BCUT2D eigenvalue weighted by Crippen LogP contribution is 2.42. The zero-order valence-electron chi connectivity index (χ0n) is 20.1. The van der Waals surface area contributed by atoms with Crippen molar-refractivity contribution in [1.29, 1.82) is 0 Å². The molecule has 3 aromatic heterocycles. The molecule has 190 valence electrons. The molecule has 0 aliphatic heterocycles. The number of aromatic nitrogens is 3. The number of halogens is 1. The quantitative estimate of drug-likeness (QED) is 0.315. The Morgan fingerprint density at radius 1 is 0.947 bits per heavy atom. The van der Waals surface area contributed by atoms with Gasteiger partial charge < -0.3 is 4.57 Å². The molecule has 0 radical (unpaired) electrons. The van der Waals surface area contributed by atoms with Crippen LogP contribution in [0.2, 0.25) is 0 Å². The summed E-state index contributed by atoms with van der Waals surface area (Å²) in [7, 11) is -3.97. The summed E-state index contributed by atoms with van der Waals surface area (Å²) in [5, 5.41) is 0.738. The summed E-state index contributed by atoms with van der Waals surface area (Å²) in [5.41, 5.74) is 1.47. The third kappa shape index (κ3) is 3.26. The molecule has 38 heavy (non-hydrogen) atoms. The first-order chi connectivity index (χ1) is 18.3. The summed E-state index contributed by atoms with van der Waals surface area (Å²) in [5.74, 6) is -0.668. The van der Waals surface area contributed by atoms with Gasteiger partial charge in [-0.3, -0.25) is 14.0 Å². The van der Waals surface area contributed by atoms with Crippen LogP contribution in [-0.4, -0.2) is 21.3 Å². The second-order valence-electron chi connectivity index (χ2n) is 9.67. The molecule has 3 heterocycles. The molecule has 0 saturated heterocycles. The molecule has 7 nitrogen and oxygen atoms in total. The van der Waals surface area contributed by atoms with Crippen LogP contribution in [-0.2, 0) is 10.0 Å². The van der Waals surface area contributed by atoms with Crippen LogP contribution in [0, 0.1) is 12.7 Å². The highest BCUT2D eigenvalue weighted by molar-refractivity contribution is 7.90. The van der Waals surface area contributed by atoms with Crippen molar-refractivity contribution < 1.29 is 12.8 Å². The number of hydrogen-bond donors (Lipinski definition) is 1. The number of nitrogens with zero attached hydrogens (tertiary/aromatic N) is 2. The number of H-pyrrole nitrogens is 1. The minimum Gasteiger partial charge on any atom is -0.328 e. The predicted molar refractivity (Wildman–Crippen MR) is 147 cm³/mol. The third-order valence-corrected chi connectivity index (χ3v) is 9.74. The van der Waals surface area contributed by atoms with Crippen LogP contribution < -0.4 is 11.0 Å². The molecule has 0 amide bonds. The second-order valence-corrected chi connectivity index (χ2v) is 12.3. The molecule has 1 aliphatic rings. The minimum absolute atomic E-state index is 0.0438. The summed E-state index contributed by atoms with van der Waals surface area (Å²) >= 11 is 1.10. The molecule has 6 aromatic rings. The zero-order chi connectivity index (χ0) is 26.3. The number of benzene rings is 3. The van der Waals surface area contributed by atoms with Gasteiger partial charge in [-0.05, 0) is 61.6 Å². The van der Waals surface area contributed by atoms with Crippen molar-refractivity contribution in [3.8, 4) is 11.1 Å². The molecule has 1 fully saturated rings. The number of rotatable bonds is 4. The summed E-state index contributed by atoms with van der Waals surface area (Å²) in [6.45, 7) is 1.88. The number of hydrogen-bond acceptors (Lipinski definition) is 5. The average molecular weight is 546 g/mol. The van der Waals surface area contributed by atoms with E-state index in [0.717, 1.165) is 29.9 Å². The summed E-state index contributed by atoms with van der Waals surface area (Å²) in [4.78, 5) is 26.3. The molecule has 1 aliphatic carbocycles. The van der Waals surface area contributed by atoms with Gasteiger partial charge in [0.1, 0.15) is 16.0 Å². The van der Waals surface area contributed by atoms with E-state index in [2.05, 4.69) is 4.37 Å². The minimum atomic E-state index is -3.97. The molecular weight excluding hydrogens is 525 g/mol. The fourth-order valence-electron chi connectivity index (χ4n) is 5.14. The topological polar surface area (TPSA) is 93.9 Å². The molecule has 0 atom stereocenters. The Hall–Kier alpha value is -4.02. The molecule has 0 bridgehead atoms. The van der Waals surface area contributed by atoms with E-state index in [1.165, 1.54) is 16.2 Å². The van der Waals surface area contributed by atoms with Gasteiger partial charge in [0.15, 0.2) is 0 Å². The van der Waals surface area contributed by atoms with Gasteiger partial charge in [-0.25, -0.2) is 16.8 Å². The number of aromatic amines is 1. The van der Waals surface area contributed by atoms with Crippen molar-refractivity contribution in [2.24, 2.45) is 0 Å². The number of aryl methyl sites for hydroxylation is 1. The van der Waals surface area contributed by atoms with Crippen molar-refractivity contribution >= 4 is 53.6 Å². The maximum atomic E-state index is 15.8. The highest BCUT2D eigenvalue weighted by atomic mass is 32.2. The van der Waals surface area contributed by atoms with Crippen molar-refractivity contribution in [3.63, 3.8) is 0 Å². The lowest BCUT2D eigenvalue weighted by molar-refractivity contribution is 0.589. The van der Waals surface area contributed by atoms with E-state index in [1.807, 2.05) is 11.5 Å². The van der Waals surface area contributed by atoms with E-state index in [4.69, 9.17) is 0 Å². The normalized spacial score (nSPS) is 14.2. The first-order valence-corrected chi connectivity index (χ1v) is 14.3. The Morgan fingerprint density at radius 2 is 1.68 bits per heavy atom. The fraction of sp³-hybridized carbons (Fsp3) is 0.143. The third-order valence-electron chi connectivity index (χ3n) is 7.17. The van der Waals surface area contributed by atoms with E-state index in [-0.39, 0.29) is 27.3 Å². The maximum Gasteiger partial charge on any atom is 0.271 e. The van der Waals surface area contributed by atoms with E-state index in [0.29, 0.717) is 26.8 Å². The van der Waals surface area contributed by atoms with Gasteiger partial charge in [-0.15, -0.1) is 0 Å². The van der Waals surface area contributed by atoms with Crippen molar-refractivity contribution in [2.75, 3.05) is 0 Å². The molecular formula is C28H20FN3O4S2. The van der Waals surface area contributed by atoms with E-state index in [9.17, 15) is 18.0 Å². The highest BCUT2D eigenvalue weighted by Gasteiger charge is 2.30. The summed E-state index contributed by atoms with van der Waals surface area (Å²) in [6, 6.07) is 16.4. The van der Waals surface area contributed by atoms with Gasteiger partial charge in [0, 0.05) is 34.1 Å². The van der Waals surface area contributed by atoms with Gasteiger partial charge in [0.2, 0.25) is 5.43 Å². The number of para-hydroxylation sites is 1. The SMILES string of the molecule is Cc1ccc(S(=O)(=O)n2cc(-c3cc4c(cc3F)c(=O)c3c(=O)[nH]sc3n4C3CC3)c3ccccc32)cc1. The number of fused-ring (bicyclic) bond motifs is 3. The molecule has 0 spiro atoms. The smallest absolute Gasteiger partial charge is 0.271 e. The Labute approximate surface area is 219 Å². The molecule has 1 saturated carbocycles. The van der Waals surface area contributed by atoms with E-state index >= 15 is 4.39 Å². The van der Waals surface area contributed by atoms with Gasteiger partial charge >= 0.3 is 0 Å². The van der Waals surface area contributed by atoms with Crippen LogP contribution in [0.25, 0.3) is 43.1 Å². The van der Waals surface area contributed by atoms with Crippen molar-refractivity contribution in [1.82, 2.24) is 12.9 Å². The Morgan fingerprint density at radius 3 is 2.42 bits per heavy atom. The number of nitrogens with one attached hydrogen (secondary N) is 1. The van der Waals surface area contributed by atoms with Gasteiger partial charge in [-0.2, -0.15) is 0 Å². The Bertz CT molecular complexity index is 2170. The van der Waals surface area contributed by atoms with Crippen molar-refractivity contribution in [2.45, 2.75) is 30.7 Å². The maximum absolute atomic E-state index is 15.8. The second kappa shape index (κ2) is 7.99. The van der Waals surface area contributed by atoms with Crippen LogP contribution in [0.4, 0.5) is 4.39 Å². The molecule has 0 unspecified atom stereocenters. The molecule has 10 heteroatoms. The van der Waals surface area contributed by atoms with Crippen LogP contribution in [0.5, 0.6) is 0 Å². The molecule has 3 aromatic carbocycles. The number of pyridine rings is 1. The van der Waals surface area contributed by atoms with Gasteiger partial charge in [0.05, 0.1) is 15.9 Å². The monoisotopic (exact) mass is 545 g/mol. The lowest BCUT2D eigenvalue weighted by Crippen LogP contribution is -2.15. The van der Waals surface area contributed by atoms with Crippen LogP contribution in [0.3, 0.4) is 0 Å². The first-order valence-electron chi connectivity index (χ1n) is 12.1. The van der Waals surface area contributed by atoms with Crippen LogP contribution in [0.1, 0.15) is 24.4 Å². The molecule has 7 rings (SSSR count). The standard InChI is InChI=1S/C28H20FN3O4S2/c1-15-6-10-17(11-7-15)38(35,36)31-14-21(18-4-2-3-5-23(18)31)19-13-24-20(12-22(19)29)26(33)25-27(34)30-37-28(25)32(24)16-8-9-16/h2-7,10-14,16H,8-9H2,1H3,(H,30,34). The van der Waals surface area contributed by atoms with Crippen LogP contribution in [0.15, 0.2) is 81.3 Å². The summed E-state index contributed by atoms with van der Waals surface area (Å²) < 4.78 is 48.8. The lowest BCUT2D eigenvalue weighted by Gasteiger charge is -2.13. The Balaban J connectivity index is 1.53. The Kier molecular flexibility index (Phi) is 4.86. The molecule has 1 N–H and O–H groups in total. The largest absolute Gasteiger partial charge is 0.328 e. The van der Waals surface area contributed by atoms with E-state index in [1.54, 1.807) is 54.6 Å². The zero-order valence-corrected chi connectivity index (χ0v) is 21.7. The van der Waals surface area contributed by atoms with E-state index < -0.39 is 26.8 Å².